The van der Waals surface area contributed by atoms with Gasteiger partial charge in [-0.3, -0.25) is 9.69 Å². The standard InChI is InChI=1S/C12H25N3O/c1-3-10(13)8-12(16)14-9-11-6-5-7-15(11)4-2/h10-11H,3-9,13H2,1-2H3,(H,14,16). The molecule has 1 aliphatic rings. The topological polar surface area (TPSA) is 58.4 Å². The van der Waals surface area contributed by atoms with Crippen LogP contribution >= 0.6 is 0 Å². The summed E-state index contributed by atoms with van der Waals surface area (Å²) in [7, 11) is 0. The molecule has 4 nitrogen and oxygen atoms in total. The van der Waals surface area contributed by atoms with E-state index in [1.165, 1.54) is 19.4 Å². The maximum Gasteiger partial charge on any atom is 0.221 e. The number of likely N-dealkylation sites (N-methyl/N-ethyl adjacent to an activating group) is 1. The molecule has 0 radical (unpaired) electrons. The van der Waals surface area contributed by atoms with Gasteiger partial charge >= 0.3 is 0 Å². The molecule has 2 atom stereocenters. The molecule has 3 N–H and O–H groups in total. The molecule has 0 bridgehead atoms. The van der Waals surface area contributed by atoms with Crippen LogP contribution in [-0.4, -0.2) is 42.5 Å². The first kappa shape index (κ1) is 13.5. The summed E-state index contributed by atoms with van der Waals surface area (Å²) in [5, 5.41) is 2.99. The first-order valence-corrected chi connectivity index (χ1v) is 6.43. The summed E-state index contributed by atoms with van der Waals surface area (Å²) in [5.74, 6) is 0.0947. The number of hydrogen-bond acceptors (Lipinski definition) is 3. The van der Waals surface area contributed by atoms with Crippen LogP contribution in [-0.2, 0) is 4.79 Å². The molecular formula is C12H25N3O. The molecule has 94 valence electrons. The van der Waals surface area contributed by atoms with Gasteiger partial charge in [-0.25, -0.2) is 0 Å². The highest BCUT2D eigenvalue weighted by molar-refractivity contribution is 5.76. The third-order valence-corrected chi connectivity index (χ3v) is 3.41. The van der Waals surface area contributed by atoms with Crippen molar-refractivity contribution in [2.75, 3.05) is 19.6 Å². The lowest BCUT2D eigenvalue weighted by atomic mass is 10.1. The fraction of sp³-hybridized carbons (Fsp3) is 0.917. The molecule has 0 aromatic heterocycles. The fourth-order valence-electron chi connectivity index (χ4n) is 2.23. The minimum Gasteiger partial charge on any atom is -0.354 e. The molecule has 2 unspecified atom stereocenters. The smallest absolute Gasteiger partial charge is 0.221 e. The van der Waals surface area contributed by atoms with Crippen LogP contribution in [0.15, 0.2) is 0 Å². The van der Waals surface area contributed by atoms with Crippen LogP contribution < -0.4 is 11.1 Å². The molecule has 0 aromatic rings. The zero-order valence-corrected chi connectivity index (χ0v) is 10.5. The van der Waals surface area contributed by atoms with Crippen molar-refractivity contribution in [3.05, 3.63) is 0 Å². The Kier molecular flexibility index (Phi) is 5.77. The number of likely N-dealkylation sites (tertiary alicyclic amines) is 1. The summed E-state index contributed by atoms with van der Waals surface area (Å²) in [5.41, 5.74) is 5.74. The summed E-state index contributed by atoms with van der Waals surface area (Å²) < 4.78 is 0. The Morgan fingerprint density at radius 1 is 1.56 bits per heavy atom. The van der Waals surface area contributed by atoms with Crippen molar-refractivity contribution >= 4 is 5.91 Å². The summed E-state index contributed by atoms with van der Waals surface area (Å²) in [6.45, 7) is 7.21. The quantitative estimate of drug-likeness (QED) is 0.703. The molecule has 1 amide bonds. The minimum absolute atomic E-state index is 0.00542. The van der Waals surface area contributed by atoms with Crippen LogP contribution in [0.5, 0.6) is 0 Å². The van der Waals surface area contributed by atoms with Gasteiger partial charge in [0.15, 0.2) is 0 Å². The van der Waals surface area contributed by atoms with Gasteiger partial charge < -0.3 is 11.1 Å². The second kappa shape index (κ2) is 6.86. The average molecular weight is 227 g/mol. The van der Waals surface area contributed by atoms with E-state index < -0.39 is 0 Å². The van der Waals surface area contributed by atoms with Gasteiger partial charge in [0.1, 0.15) is 0 Å². The zero-order chi connectivity index (χ0) is 12.0. The van der Waals surface area contributed by atoms with Gasteiger partial charge in [-0.1, -0.05) is 13.8 Å². The second-order valence-corrected chi connectivity index (χ2v) is 4.60. The number of nitrogens with one attached hydrogen (secondary N) is 1. The highest BCUT2D eigenvalue weighted by Gasteiger charge is 2.23. The molecule has 0 saturated carbocycles. The molecule has 1 saturated heterocycles. The molecule has 1 heterocycles. The van der Waals surface area contributed by atoms with Crippen molar-refractivity contribution in [1.29, 1.82) is 0 Å². The van der Waals surface area contributed by atoms with Crippen LogP contribution in [0.4, 0.5) is 0 Å². The lowest BCUT2D eigenvalue weighted by Gasteiger charge is -2.23. The molecule has 4 heteroatoms. The van der Waals surface area contributed by atoms with Gasteiger partial charge in [-0.15, -0.1) is 0 Å². The zero-order valence-electron chi connectivity index (χ0n) is 10.5. The Labute approximate surface area is 98.6 Å². The molecule has 0 aromatic carbocycles. The maximum absolute atomic E-state index is 11.6. The molecule has 1 fully saturated rings. The van der Waals surface area contributed by atoms with E-state index in [1.807, 2.05) is 6.92 Å². The number of nitrogens with zero attached hydrogens (tertiary/aromatic N) is 1. The largest absolute Gasteiger partial charge is 0.354 e. The lowest BCUT2D eigenvalue weighted by Crippen LogP contribution is -2.41. The average Bonchev–Trinajstić information content (AvgIpc) is 2.73. The van der Waals surface area contributed by atoms with E-state index in [0.29, 0.717) is 12.5 Å². The predicted molar refractivity (Wildman–Crippen MR) is 66.2 cm³/mol. The van der Waals surface area contributed by atoms with Crippen molar-refractivity contribution in [2.24, 2.45) is 5.73 Å². The van der Waals surface area contributed by atoms with Crippen LogP contribution in [0.25, 0.3) is 0 Å². The van der Waals surface area contributed by atoms with Gasteiger partial charge in [0.2, 0.25) is 5.91 Å². The normalized spacial score (nSPS) is 23.3. The Balaban J connectivity index is 2.20. The van der Waals surface area contributed by atoms with Gasteiger partial charge in [0.05, 0.1) is 0 Å². The van der Waals surface area contributed by atoms with Crippen LogP contribution in [0.1, 0.15) is 39.5 Å². The van der Waals surface area contributed by atoms with E-state index in [2.05, 4.69) is 17.1 Å². The first-order chi connectivity index (χ1) is 7.67. The Hall–Kier alpha value is -0.610. The third-order valence-electron chi connectivity index (χ3n) is 3.41. The minimum atomic E-state index is 0.00542. The van der Waals surface area contributed by atoms with Gasteiger partial charge in [0.25, 0.3) is 0 Å². The van der Waals surface area contributed by atoms with Crippen molar-refractivity contribution < 1.29 is 4.79 Å². The number of rotatable bonds is 6. The number of carbonyl (C=O) groups is 1. The lowest BCUT2D eigenvalue weighted by molar-refractivity contribution is -0.121. The number of nitrogens with two attached hydrogens (primary N) is 1. The van der Waals surface area contributed by atoms with E-state index in [9.17, 15) is 4.79 Å². The molecule has 1 aliphatic heterocycles. The van der Waals surface area contributed by atoms with E-state index in [0.717, 1.165) is 19.5 Å². The molecule has 1 rings (SSSR count). The van der Waals surface area contributed by atoms with Crippen LogP contribution in [0.3, 0.4) is 0 Å². The van der Waals surface area contributed by atoms with Gasteiger partial charge in [-0.05, 0) is 32.4 Å². The Morgan fingerprint density at radius 2 is 2.31 bits per heavy atom. The molecule has 16 heavy (non-hydrogen) atoms. The Bertz CT molecular complexity index is 220. The fourth-order valence-corrected chi connectivity index (χ4v) is 2.23. The SMILES string of the molecule is CCC(N)CC(=O)NCC1CCCN1CC. The summed E-state index contributed by atoms with van der Waals surface area (Å²) in [6, 6.07) is 0.539. The van der Waals surface area contributed by atoms with Crippen molar-refractivity contribution in [3.63, 3.8) is 0 Å². The van der Waals surface area contributed by atoms with E-state index in [-0.39, 0.29) is 11.9 Å². The van der Waals surface area contributed by atoms with Crippen molar-refractivity contribution in [3.8, 4) is 0 Å². The van der Waals surface area contributed by atoms with Crippen molar-refractivity contribution in [1.82, 2.24) is 10.2 Å². The highest BCUT2D eigenvalue weighted by atomic mass is 16.1. The number of amides is 1. The van der Waals surface area contributed by atoms with E-state index in [1.54, 1.807) is 0 Å². The van der Waals surface area contributed by atoms with Gasteiger partial charge in [0, 0.05) is 25.0 Å². The Morgan fingerprint density at radius 3 is 2.94 bits per heavy atom. The monoisotopic (exact) mass is 227 g/mol. The van der Waals surface area contributed by atoms with E-state index >= 15 is 0 Å². The predicted octanol–water partition coefficient (Wildman–Crippen LogP) is 0.714. The van der Waals surface area contributed by atoms with Gasteiger partial charge in [-0.2, -0.15) is 0 Å². The van der Waals surface area contributed by atoms with Crippen LogP contribution in [0.2, 0.25) is 0 Å². The number of carbonyl (C=O) groups excluding carboxylic acids is 1. The van der Waals surface area contributed by atoms with E-state index in [4.69, 9.17) is 5.73 Å². The van der Waals surface area contributed by atoms with Crippen LogP contribution in [0, 0.1) is 0 Å². The second-order valence-electron chi connectivity index (χ2n) is 4.60. The number of hydrogen-bond donors (Lipinski definition) is 2. The highest BCUT2D eigenvalue weighted by Crippen LogP contribution is 2.15. The molecular weight excluding hydrogens is 202 g/mol. The summed E-state index contributed by atoms with van der Waals surface area (Å²) in [4.78, 5) is 14.0. The van der Waals surface area contributed by atoms with Crippen molar-refractivity contribution in [2.45, 2.75) is 51.6 Å². The summed E-state index contributed by atoms with van der Waals surface area (Å²) in [6.07, 6.45) is 3.77. The molecule has 0 spiro atoms. The maximum atomic E-state index is 11.6. The third kappa shape index (κ3) is 4.10. The summed E-state index contributed by atoms with van der Waals surface area (Å²) >= 11 is 0. The molecule has 0 aliphatic carbocycles. The first-order valence-electron chi connectivity index (χ1n) is 6.43.